The third-order valence-corrected chi connectivity index (χ3v) is 4.01. The van der Waals surface area contributed by atoms with Crippen molar-refractivity contribution in [2.24, 2.45) is 0 Å². The Morgan fingerprint density at radius 2 is 1.89 bits per heavy atom. The van der Waals surface area contributed by atoms with Crippen molar-refractivity contribution in [1.29, 1.82) is 0 Å². The molecule has 0 saturated heterocycles. The fourth-order valence-corrected chi connectivity index (χ4v) is 1.66. The van der Waals surface area contributed by atoms with E-state index in [1.807, 2.05) is 37.3 Å². The van der Waals surface area contributed by atoms with Crippen LogP contribution in [0.25, 0.3) is 0 Å². The minimum absolute atomic E-state index is 0.0389. The zero-order chi connectivity index (χ0) is 13.5. The first-order valence-electron chi connectivity index (χ1n) is 5.92. The molecule has 0 aliphatic carbocycles. The summed E-state index contributed by atoms with van der Waals surface area (Å²) in [5, 5.41) is 5.93. The molecule has 18 heavy (non-hydrogen) atoms. The average Bonchev–Trinajstić information content (AvgIpc) is 2.36. The highest BCUT2D eigenvalue weighted by atomic mass is 32.2. The van der Waals surface area contributed by atoms with E-state index in [9.17, 15) is 9.00 Å². The molecule has 0 fully saturated rings. The van der Waals surface area contributed by atoms with E-state index in [2.05, 4.69) is 10.6 Å². The van der Waals surface area contributed by atoms with Gasteiger partial charge < -0.3 is 10.6 Å². The maximum atomic E-state index is 11.8. The first-order valence-corrected chi connectivity index (χ1v) is 7.54. The van der Waals surface area contributed by atoms with E-state index < -0.39 is 10.8 Å². The summed E-state index contributed by atoms with van der Waals surface area (Å²) in [5.74, 6) is -0.0877. The lowest BCUT2D eigenvalue weighted by Gasteiger charge is -2.16. The Kier molecular flexibility index (Phi) is 6.01. The highest BCUT2D eigenvalue weighted by Gasteiger charge is 2.14. The minimum atomic E-state index is -0.872. The van der Waals surface area contributed by atoms with Crippen LogP contribution < -0.4 is 10.6 Å². The molecule has 1 aromatic rings. The molecule has 4 nitrogen and oxygen atoms in total. The largest absolute Gasteiger partial charge is 0.325 e. The van der Waals surface area contributed by atoms with Crippen LogP contribution in [0.2, 0.25) is 0 Å². The van der Waals surface area contributed by atoms with Crippen LogP contribution in [0, 0.1) is 0 Å². The third kappa shape index (κ3) is 4.98. The lowest BCUT2D eigenvalue weighted by atomic mass is 10.2. The fourth-order valence-electron chi connectivity index (χ4n) is 1.32. The summed E-state index contributed by atoms with van der Waals surface area (Å²) in [6.07, 6.45) is 1.67. The third-order valence-electron chi connectivity index (χ3n) is 2.71. The molecule has 1 amide bonds. The first kappa shape index (κ1) is 14.9. The molecule has 1 aromatic carbocycles. The molecule has 1 rings (SSSR count). The molecule has 0 aliphatic rings. The van der Waals surface area contributed by atoms with Gasteiger partial charge in [0.25, 0.3) is 0 Å². The summed E-state index contributed by atoms with van der Waals surface area (Å²) in [6.45, 7) is 4.25. The molecular weight excluding hydrogens is 248 g/mol. The molecule has 2 N–H and O–H groups in total. The number of nitrogens with one attached hydrogen (secondary N) is 2. The van der Waals surface area contributed by atoms with Gasteiger partial charge in [-0.05, 0) is 26.0 Å². The van der Waals surface area contributed by atoms with Crippen molar-refractivity contribution < 1.29 is 9.00 Å². The van der Waals surface area contributed by atoms with Gasteiger partial charge in [-0.25, -0.2) is 0 Å². The molecule has 0 spiro atoms. The summed E-state index contributed by atoms with van der Waals surface area (Å²) < 4.78 is 11.2. The molecule has 0 saturated carbocycles. The van der Waals surface area contributed by atoms with E-state index in [1.54, 1.807) is 13.2 Å². The Balaban J connectivity index is 2.40. The molecule has 3 atom stereocenters. The zero-order valence-corrected chi connectivity index (χ0v) is 11.8. The van der Waals surface area contributed by atoms with E-state index in [0.717, 1.165) is 5.69 Å². The van der Waals surface area contributed by atoms with Crippen LogP contribution >= 0.6 is 0 Å². The van der Waals surface area contributed by atoms with Crippen molar-refractivity contribution >= 4 is 22.4 Å². The summed E-state index contributed by atoms with van der Waals surface area (Å²) >= 11 is 0. The van der Waals surface area contributed by atoms with Crippen LogP contribution in [0.1, 0.15) is 13.8 Å². The van der Waals surface area contributed by atoms with Crippen LogP contribution in [0.15, 0.2) is 30.3 Å². The Hall–Kier alpha value is -1.20. The smallest absolute Gasteiger partial charge is 0.241 e. The predicted molar refractivity (Wildman–Crippen MR) is 76.1 cm³/mol. The lowest BCUT2D eigenvalue weighted by Crippen LogP contribution is -2.41. The lowest BCUT2D eigenvalue weighted by molar-refractivity contribution is -0.117. The number of carbonyl (C=O) groups excluding carboxylic acids is 1. The highest BCUT2D eigenvalue weighted by molar-refractivity contribution is 7.84. The number of carbonyl (C=O) groups is 1. The van der Waals surface area contributed by atoms with E-state index in [-0.39, 0.29) is 17.2 Å². The summed E-state index contributed by atoms with van der Waals surface area (Å²) in [6, 6.07) is 9.01. The van der Waals surface area contributed by atoms with E-state index in [4.69, 9.17) is 0 Å². The molecule has 100 valence electrons. The summed E-state index contributed by atoms with van der Waals surface area (Å²) in [4.78, 5) is 11.8. The maximum Gasteiger partial charge on any atom is 0.241 e. The van der Waals surface area contributed by atoms with Gasteiger partial charge in [0, 0.05) is 34.5 Å². The number of para-hydroxylation sites is 1. The van der Waals surface area contributed by atoms with Crippen molar-refractivity contribution in [3.05, 3.63) is 30.3 Å². The van der Waals surface area contributed by atoms with Crippen LogP contribution in [-0.4, -0.2) is 34.2 Å². The quantitative estimate of drug-likeness (QED) is 0.819. The van der Waals surface area contributed by atoms with Gasteiger partial charge in [-0.2, -0.15) is 0 Å². The van der Waals surface area contributed by atoms with Gasteiger partial charge in [0.2, 0.25) is 5.91 Å². The monoisotopic (exact) mass is 268 g/mol. The molecule has 0 aliphatic heterocycles. The molecule has 3 unspecified atom stereocenters. The average molecular weight is 268 g/mol. The molecule has 0 bridgehead atoms. The second kappa shape index (κ2) is 7.28. The standard InChI is InChI=1S/C13H20N2O2S/c1-10(18(3)17)9-14-11(2)13(16)15-12-7-5-4-6-8-12/h4-8,10-11,14H,9H2,1-3H3,(H,15,16). The Bertz CT molecular complexity index is 409. The van der Waals surface area contributed by atoms with Crippen molar-refractivity contribution in [1.82, 2.24) is 5.32 Å². The fraction of sp³-hybridized carbons (Fsp3) is 0.462. The molecular formula is C13H20N2O2S. The van der Waals surface area contributed by atoms with Gasteiger partial charge in [-0.1, -0.05) is 18.2 Å². The predicted octanol–water partition coefficient (Wildman–Crippen LogP) is 1.37. The normalized spacial score (nSPS) is 15.7. The topological polar surface area (TPSA) is 58.2 Å². The molecule has 0 heterocycles. The SMILES string of the molecule is CC(NCC(C)S(C)=O)C(=O)Nc1ccccc1. The second-order valence-corrected chi connectivity index (χ2v) is 6.10. The number of hydrogen-bond acceptors (Lipinski definition) is 3. The Morgan fingerprint density at radius 1 is 1.28 bits per heavy atom. The number of anilines is 1. The molecule has 0 aromatic heterocycles. The van der Waals surface area contributed by atoms with E-state index >= 15 is 0 Å². The number of hydrogen-bond donors (Lipinski definition) is 2. The second-order valence-electron chi connectivity index (χ2n) is 4.29. The minimum Gasteiger partial charge on any atom is -0.325 e. The summed E-state index contributed by atoms with van der Waals surface area (Å²) in [7, 11) is -0.872. The highest BCUT2D eigenvalue weighted by Crippen LogP contribution is 2.05. The van der Waals surface area contributed by atoms with Crippen molar-refractivity contribution in [3.63, 3.8) is 0 Å². The van der Waals surface area contributed by atoms with Crippen LogP contribution in [-0.2, 0) is 15.6 Å². The maximum absolute atomic E-state index is 11.8. The van der Waals surface area contributed by atoms with E-state index in [1.165, 1.54) is 0 Å². The number of rotatable bonds is 6. The van der Waals surface area contributed by atoms with Crippen molar-refractivity contribution in [2.75, 3.05) is 18.1 Å². The van der Waals surface area contributed by atoms with Crippen LogP contribution in [0.4, 0.5) is 5.69 Å². The molecule has 0 radical (unpaired) electrons. The van der Waals surface area contributed by atoms with Gasteiger partial charge in [0.1, 0.15) is 0 Å². The number of benzene rings is 1. The Morgan fingerprint density at radius 3 is 2.44 bits per heavy atom. The molecule has 5 heteroatoms. The number of amides is 1. The van der Waals surface area contributed by atoms with Crippen LogP contribution in [0.5, 0.6) is 0 Å². The van der Waals surface area contributed by atoms with Gasteiger partial charge in [0.05, 0.1) is 6.04 Å². The zero-order valence-electron chi connectivity index (χ0n) is 11.0. The van der Waals surface area contributed by atoms with Gasteiger partial charge in [-0.15, -0.1) is 0 Å². The van der Waals surface area contributed by atoms with E-state index in [0.29, 0.717) is 6.54 Å². The van der Waals surface area contributed by atoms with Crippen molar-refractivity contribution in [2.45, 2.75) is 25.1 Å². The summed E-state index contributed by atoms with van der Waals surface area (Å²) in [5.41, 5.74) is 0.781. The Labute approximate surface area is 111 Å². The van der Waals surface area contributed by atoms with Gasteiger partial charge >= 0.3 is 0 Å². The first-order chi connectivity index (χ1) is 8.50. The van der Waals surface area contributed by atoms with Gasteiger partial charge in [0.15, 0.2) is 0 Å². The van der Waals surface area contributed by atoms with Crippen molar-refractivity contribution in [3.8, 4) is 0 Å². The van der Waals surface area contributed by atoms with Gasteiger partial charge in [-0.3, -0.25) is 9.00 Å². The van der Waals surface area contributed by atoms with Crippen LogP contribution in [0.3, 0.4) is 0 Å².